The van der Waals surface area contributed by atoms with Crippen molar-refractivity contribution in [2.75, 3.05) is 25.5 Å². The van der Waals surface area contributed by atoms with E-state index in [0.29, 0.717) is 36.3 Å². The summed E-state index contributed by atoms with van der Waals surface area (Å²) in [6.45, 7) is 3.20. The molecule has 0 bridgehead atoms. The van der Waals surface area contributed by atoms with Crippen LogP contribution in [-0.4, -0.2) is 41.3 Å². The second-order valence-electron chi connectivity index (χ2n) is 6.87. The normalized spacial score (nSPS) is 16.2. The number of nitrogens with one attached hydrogen (secondary N) is 1. The Morgan fingerprint density at radius 3 is 2.75 bits per heavy atom. The van der Waals surface area contributed by atoms with Gasteiger partial charge in [0.15, 0.2) is 0 Å². The molecule has 1 unspecified atom stereocenters. The van der Waals surface area contributed by atoms with Crippen molar-refractivity contribution in [3.05, 3.63) is 60.0 Å². The molecule has 1 aromatic heterocycles. The number of ether oxygens (including phenoxy) is 1. The van der Waals surface area contributed by atoms with E-state index in [-0.39, 0.29) is 11.9 Å². The summed E-state index contributed by atoms with van der Waals surface area (Å²) >= 11 is 0. The number of aromatic nitrogens is 2. The standard InChI is InChI=1S/C21H22N4O3/c1-14-7-9-15(10-8-14)19-23-24-20(28-19)16-11-12-25(13-16)21(26)22-17-5-3-4-6-18(17)27-2/h3-10,16H,11-13H2,1-2H3,(H,22,26). The quantitative estimate of drug-likeness (QED) is 0.740. The Morgan fingerprint density at radius 2 is 1.96 bits per heavy atom. The average Bonchev–Trinajstić information content (AvgIpc) is 3.39. The first-order chi connectivity index (χ1) is 13.6. The molecule has 1 atom stereocenters. The van der Waals surface area contributed by atoms with Crippen molar-refractivity contribution in [1.82, 2.24) is 15.1 Å². The summed E-state index contributed by atoms with van der Waals surface area (Å²) in [6.07, 6.45) is 0.787. The lowest BCUT2D eigenvalue weighted by Gasteiger charge is -2.18. The van der Waals surface area contributed by atoms with E-state index in [1.807, 2.05) is 55.5 Å². The predicted octanol–water partition coefficient (Wildman–Crippen LogP) is 4.08. The van der Waals surface area contributed by atoms with Crippen LogP contribution >= 0.6 is 0 Å². The van der Waals surface area contributed by atoms with Gasteiger partial charge in [0, 0.05) is 18.7 Å². The fraction of sp³-hybridized carbons (Fsp3) is 0.286. The van der Waals surface area contributed by atoms with Gasteiger partial charge in [-0.3, -0.25) is 0 Å². The first kappa shape index (κ1) is 18.0. The number of likely N-dealkylation sites (tertiary alicyclic amines) is 1. The molecule has 7 nitrogen and oxygen atoms in total. The summed E-state index contributed by atoms with van der Waals surface area (Å²) < 4.78 is 11.2. The number of urea groups is 1. The van der Waals surface area contributed by atoms with Crippen LogP contribution in [0.15, 0.2) is 52.9 Å². The van der Waals surface area contributed by atoms with Crippen LogP contribution in [-0.2, 0) is 0 Å². The van der Waals surface area contributed by atoms with Gasteiger partial charge in [-0.05, 0) is 37.6 Å². The van der Waals surface area contributed by atoms with E-state index in [4.69, 9.17) is 9.15 Å². The molecule has 7 heteroatoms. The molecular formula is C21H22N4O3. The number of hydrogen-bond acceptors (Lipinski definition) is 5. The summed E-state index contributed by atoms with van der Waals surface area (Å²) in [6, 6.07) is 15.1. The average molecular weight is 378 g/mol. The van der Waals surface area contributed by atoms with Crippen molar-refractivity contribution >= 4 is 11.7 Å². The molecule has 1 aliphatic heterocycles. The van der Waals surface area contributed by atoms with Gasteiger partial charge in [0.05, 0.1) is 18.7 Å². The summed E-state index contributed by atoms with van der Waals surface area (Å²) in [5, 5.41) is 11.3. The highest BCUT2D eigenvalue weighted by molar-refractivity contribution is 5.91. The third-order valence-corrected chi connectivity index (χ3v) is 4.91. The molecule has 0 saturated carbocycles. The highest BCUT2D eigenvalue weighted by Gasteiger charge is 2.31. The van der Waals surface area contributed by atoms with E-state index < -0.39 is 0 Å². The van der Waals surface area contributed by atoms with Gasteiger partial charge in [0.2, 0.25) is 11.8 Å². The molecular weight excluding hydrogens is 356 g/mol. The third kappa shape index (κ3) is 3.69. The molecule has 1 saturated heterocycles. The van der Waals surface area contributed by atoms with Crippen molar-refractivity contribution in [2.45, 2.75) is 19.3 Å². The number of nitrogens with zero attached hydrogens (tertiary/aromatic N) is 3. The van der Waals surface area contributed by atoms with Crippen LogP contribution in [0.5, 0.6) is 5.75 Å². The van der Waals surface area contributed by atoms with Crippen LogP contribution in [0.3, 0.4) is 0 Å². The minimum absolute atomic E-state index is 0.0371. The smallest absolute Gasteiger partial charge is 0.321 e. The number of methoxy groups -OCH3 is 1. The van der Waals surface area contributed by atoms with Gasteiger partial charge in [0.1, 0.15) is 5.75 Å². The van der Waals surface area contributed by atoms with Crippen molar-refractivity contribution in [1.29, 1.82) is 0 Å². The maximum absolute atomic E-state index is 12.6. The fourth-order valence-electron chi connectivity index (χ4n) is 3.30. The number of hydrogen-bond donors (Lipinski definition) is 1. The number of benzene rings is 2. The Morgan fingerprint density at radius 1 is 1.18 bits per heavy atom. The minimum atomic E-state index is -0.162. The molecule has 2 aromatic carbocycles. The van der Waals surface area contributed by atoms with Crippen LogP contribution in [0.1, 0.15) is 23.8 Å². The van der Waals surface area contributed by atoms with Crippen LogP contribution in [0.25, 0.3) is 11.5 Å². The van der Waals surface area contributed by atoms with Gasteiger partial charge in [0.25, 0.3) is 0 Å². The van der Waals surface area contributed by atoms with Gasteiger partial charge in [-0.15, -0.1) is 10.2 Å². The maximum Gasteiger partial charge on any atom is 0.321 e. The van der Waals surface area contributed by atoms with Crippen molar-refractivity contribution in [2.24, 2.45) is 0 Å². The van der Waals surface area contributed by atoms with E-state index >= 15 is 0 Å². The predicted molar refractivity (Wildman–Crippen MR) is 105 cm³/mol. The summed E-state index contributed by atoms with van der Waals surface area (Å²) in [5.41, 5.74) is 2.72. The first-order valence-corrected chi connectivity index (χ1v) is 9.23. The maximum atomic E-state index is 12.6. The number of para-hydroxylation sites is 2. The molecule has 2 heterocycles. The molecule has 0 aliphatic carbocycles. The lowest BCUT2D eigenvalue weighted by atomic mass is 10.1. The van der Waals surface area contributed by atoms with E-state index in [9.17, 15) is 4.79 Å². The topological polar surface area (TPSA) is 80.5 Å². The summed E-state index contributed by atoms with van der Waals surface area (Å²) in [4.78, 5) is 14.4. The van der Waals surface area contributed by atoms with Crippen LogP contribution in [0.2, 0.25) is 0 Å². The number of carbonyl (C=O) groups is 1. The van der Waals surface area contributed by atoms with E-state index in [1.54, 1.807) is 12.0 Å². The lowest BCUT2D eigenvalue weighted by Crippen LogP contribution is -2.32. The second-order valence-corrected chi connectivity index (χ2v) is 6.87. The largest absolute Gasteiger partial charge is 0.495 e. The Balaban J connectivity index is 1.41. The SMILES string of the molecule is COc1ccccc1NC(=O)N1CCC(c2nnc(-c3ccc(C)cc3)o2)C1. The van der Waals surface area contributed by atoms with Crippen LogP contribution < -0.4 is 10.1 Å². The zero-order chi connectivity index (χ0) is 19.5. The Hall–Kier alpha value is -3.35. The molecule has 1 N–H and O–H groups in total. The number of rotatable bonds is 4. The molecule has 28 heavy (non-hydrogen) atoms. The number of anilines is 1. The van der Waals surface area contributed by atoms with E-state index in [2.05, 4.69) is 15.5 Å². The highest BCUT2D eigenvalue weighted by atomic mass is 16.5. The minimum Gasteiger partial charge on any atom is -0.495 e. The molecule has 1 aliphatic rings. The van der Waals surface area contributed by atoms with Crippen LogP contribution in [0, 0.1) is 6.92 Å². The van der Waals surface area contributed by atoms with Gasteiger partial charge in [-0.1, -0.05) is 29.8 Å². The fourth-order valence-corrected chi connectivity index (χ4v) is 3.30. The monoisotopic (exact) mass is 378 g/mol. The molecule has 0 radical (unpaired) electrons. The molecule has 0 spiro atoms. The number of aryl methyl sites for hydroxylation is 1. The van der Waals surface area contributed by atoms with E-state index in [0.717, 1.165) is 12.0 Å². The third-order valence-electron chi connectivity index (χ3n) is 4.91. The zero-order valence-corrected chi connectivity index (χ0v) is 15.9. The van der Waals surface area contributed by atoms with Gasteiger partial charge in [-0.2, -0.15) is 0 Å². The molecule has 3 aromatic rings. The second kappa shape index (κ2) is 7.72. The van der Waals surface area contributed by atoms with Crippen molar-refractivity contribution in [3.8, 4) is 17.2 Å². The molecule has 1 fully saturated rings. The summed E-state index contributed by atoms with van der Waals surface area (Å²) in [7, 11) is 1.58. The van der Waals surface area contributed by atoms with Gasteiger partial charge >= 0.3 is 6.03 Å². The number of carbonyl (C=O) groups excluding carboxylic acids is 1. The first-order valence-electron chi connectivity index (χ1n) is 9.23. The van der Waals surface area contributed by atoms with Crippen LogP contribution in [0.4, 0.5) is 10.5 Å². The van der Waals surface area contributed by atoms with E-state index in [1.165, 1.54) is 5.56 Å². The molecule has 2 amide bonds. The highest BCUT2D eigenvalue weighted by Crippen LogP contribution is 2.30. The molecule has 4 rings (SSSR count). The number of amides is 2. The lowest BCUT2D eigenvalue weighted by molar-refractivity contribution is 0.221. The zero-order valence-electron chi connectivity index (χ0n) is 15.9. The Kier molecular flexibility index (Phi) is 4.97. The van der Waals surface area contributed by atoms with Crippen molar-refractivity contribution < 1.29 is 13.9 Å². The molecule has 144 valence electrons. The van der Waals surface area contributed by atoms with Gasteiger partial charge in [-0.25, -0.2) is 4.79 Å². The van der Waals surface area contributed by atoms with Crippen molar-refractivity contribution in [3.63, 3.8) is 0 Å². The summed E-state index contributed by atoms with van der Waals surface area (Å²) in [5.74, 6) is 1.75. The van der Waals surface area contributed by atoms with Gasteiger partial charge < -0.3 is 19.4 Å². The Labute approximate surface area is 163 Å². The Bertz CT molecular complexity index is 968.